The van der Waals surface area contributed by atoms with E-state index < -0.39 is 6.10 Å². The second kappa shape index (κ2) is 7.94. The van der Waals surface area contributed by atoms with Crippen molar-refractivity contribution in [2.45, 2.75) is 32.8 Å². The third-order valence-corrected chi connectivity index (χ3v) is 5.37. The van der Waals surface area contributed by atoms with Gasteiger partial charge in [-0.25, -0.2) is 0 Å². The largest absolute Gasteiger partial charge is 0.465 e. The van der Waals surface area contributed by atoms with Gasteiger partial charge in [0.1, 0.15) is 35.1 Å². The number of aryl methyl sites for hydroxylation is 3. The Kier molecular flexibility index (Phi) is 5.35. The summed E-state index contributed by atoms with van der Waals surface area (Å²) in [7, 11) is 0. The minimum absolute atomic E-state index is 0.287. The average Bonchev–Trinajstić information content (AvgIpc) is 3.32. The second-order valence-corrected chi connectivity index (χ2v) is 7.85. The van der Waals surface area contributed by atoms with Crippen LogP contribution in [-0.2, 0) is 0 Å². The molecule has 4 aromatic rings. The van der Waals surface area contributed by atoms with E-state index in [1.165, 1.54) is 0 Å². The van der Waals surface area contributed by atoms with Crippen molar-refractivity contribution >= 4 is 11.6 Å². The minimum Gasteiger partial charge on any atom is -0.465 e. The number of halogens is 1. The molecule has 148 valence electrons. The fourth-order valence-electron chi connectivity index (χ4n) is 3.64. The first-order chi connectivity index (χ1) is 13.9. The Labute approximate surface area is 175 Å². The Morgan fingerprint density at radius 3 is 1.83 bits per heavy atom. The standard InChI is InChI=1S/C25H23ClO3/c1-15-4-8-18(9-5-15)25(27)21-14-19(26)10-11-20(21)24(22-12-6-16(2)28-22)23-13-7-17(3)29-23/h4-14,24-25,27H,1-3H3. The van der Waals surface area contributed by atoms with Gasteiger partial charge in [-0.3, -0.25) is 0 Å². The van der Waals surface area contributed by atoms with Gasteiger partial charge in [-0.2, -0.15) is 0 Å². The maximum atomic E-state index is 11.2. The van der Waals surface area contributed by atoms with Crippen molar-refractivity contribution in [2.75, 3.05) is 0 Å². The zero-order chi connectivity index (χ0) is 20.5. The van der Waals surface area contributed by atoms with E-state index in [1.54, 1.807) is 0 Å². The number of benzene rings is 2. The van der Waals surface area contributed by atoms with Crippen LogP contribution in [-0.4, -0.2) is 5.11 Å². The number of aliphatic hydroxyl groups is 1. The van der Waals surface area contributed by atoms with Crippen molar-refractivity contribution < 1.29 is 13.9 Å². The Hall–Kier alpha value is -2.75. The summed E-state index contributed by atoms with van der Waals surface area (Å²) in [5, 5.41) is 11.8. The van der Waals surface area contributed by atoms with Crippen LogP contribution in [0.5, 0.6) is 0 Å². The zero-order valence-electron chi connectivity index (χ0n) is 16.6. The smallest absolute Gasteiger partial charge is 0.119 e. The Morgan fingerprint density at radius 1 is 0.724 bits per heavy atom. The lowest BCUT2D eigenvalue weighted by molar-refractivity contribution is 0.218. The highest BCUT2D eigenvalue weighted by Crippen LogP contribution is 2.40. The first-order valence-corrected chi connectivity index (χ1v) is 9.97. The van der Waals surface area contributed by atoms with E-state index >= 15 is 0 Å². The molecule has 3 nitrogen and oxygen atoms in total. The first-order valence-electron chi connectivity index (χ1n) is 9.59. The maximum Gasteiger partial charge on any atom is 0.119 e. The SMILES string of the molecule is Cc1ccc(C(O)c2cc(Cl)ccc2C(c2ccc(C)o2)c2ccc(C)o2)cc1. The molecular formula is C25H23ClO3. The molecule has 4 heteroatoms. The highest BCUT2D eigenvalue weighted by molar-refractivity contribution is 6.30. The number of furan rings is 2. The lowest BCUT2D eigenvalue weighted by Crippen LogP contribution is -2.10. The van der Waals surface area contributed by atoms with Gasteiger partial charge in [-0.1, -0.05) is 47.5 Å². The number of hydrogen-bond donors (Lipinski definition) is 1. The zero-order valence-corrected chi connectivity index (χ0v) is 17.4. The van der Waals surface area contributed by atoms with Gasteiger partial charge in [0.2, 0.25) is 0 Å². The summed E-state index contributed by atoms with van der Waals surface area (Å²) in [4.78, 5) is 0. The molecule has 0 saturated heterocycles. The van der Waals surface area contributed by atoms with E-state index in [2.05, 4.69) is 0 Å². The molecule has 1 unspecified atom stereocenters. The van der Waals surface area contributed by atoms with E-state index in [0.717, 1.165) is 45.3 Å². The van der Waals surface area contributed by atoms with Crippen LogP contribution in [0, 0.1) is 20.8 Å². The predicted octanol–water partition coefficient (Wildman–Crippen LogP) is 6.71. The Morgan fingerprint density at radius 2 is 1.31 bits per heavy atom. The van der Waals surface area contributed by atoms with Crippen molar-refractivity contribution in [3.8, 4) is 0 Å². The molecule has 2 heterocycles. The van der Waals surface area contributed by atoms with Gasteiger partial charge in [-0.05, 0) is 73.9 Å². The van der Waals surface area contributed by atoms with Crippen molar-refractivity contribution in [3.05, 3.63) is 117 Å². The van der Waals surface area contributed by atoms with Gasteiger partial charge in [-0.15, -0.1) is 0 Å². The van der Waals surface area contributed by atoms with Crippen LogP contribution in [0.15, 0.2) is 75.6 Å². The second-order valence-electron chi connectivity index (χ2n) is 7.42. The van der Waals surface area contributed by atoms with Crippen LogP contribution < -0.4 is 0 Å². The molecule has 0 radical (unpaired) electrons. The van der Waals surface area contributed by atoms with E-state index in [-0.39, 0.29) is 5.92 Å². The van der Waals surface area contributed by atoms with Crippen LogP contribution >= 0.6 is 11.6 Å². The van der Waals surface area contributed by atoms with E-state index in [0.29, 0.717) is 5.02 Å². The van der Waals surface area contributed by atoms with Gasteiger partial charge in [0.25, 0.3) is 0 Å². The normalized spacial score (nSPS) is 12.5. The van der Waals surface area contributed by atoms with Gasteiger partial charge in [0, 0.05) is 5.02 Å². The third-order valence-electron chi connectivity index (χ3n) is 5.14. The summed E-state index contributed by atoms with van der Waals surface area (Å²) in [6.07, 6.45) is -0.820. The van der Waals surface area contributed by atoms with E-state index in [1.807, 2.05) is 87.5 Å². The van der Waals surface area contributed by atoms with Gasteiger partial charge >= 0.3 is 0 Å². The molecule has 1 N–H and O–H groups in total. The molecule has 2 aromatic carbocycles. The summed E-state index contributed by atoms with van der Waals surface area (Å²) in [5.41, 5.74) is 3.58. The fourth-order valence-corrected chi connectivity index (χ4v) is 3.82. The number of aliphatic hydroxyl groups excluding tert-OH is 1. The lowest BCUT2D eigenvalue weighted by atomic mass is 9.86. The highest BCUT2D eigenvalue weighted by Gasteiger charge is 2.28. The van der Waals surface area contributed by atoms with Gasteiger partial charge < -0.3 is 13.9 Å². The molecule has 0 aliphatic heterocycles. The Bertz CT molecular complexity index is 1080. The molecule has 0 spiro atoms. The molecule has 0 aliphatic carbocycles. The minimum atomic E-state index is -0.820. The van der Waals surface area contributed by atoms with Crippen LogP contribution in [0.4, 0.5) is 0 Å². The molecule has 0 fully saturated rings. The van der Waals surface area contributed by atoms with Crippen molar-refractivity contribution in [1.82, 2.24) is 0 Å². The fraction of sp³-hybridized carbons (Fsp3) is 0.200. The topological polar surface area (TPSA) is 46.5 Å². The molecular weight excluding hydrogens is 384 g/mol. The lowest BCUT2D eigenvalue weighted by Gasteiger charge is -2.21. The molecule has 0 aliphatic rings. The van der Waals surface area contributed by atoms with E-state index in [4.69, 9.17) is 20.4 Å². The maximum absolute atomic E-state index is 11.2. The molecule has 0 amide bonds. The predicted molar refractivity (Wildman–Crippen MR) is 115 cm³/mol. The molecule has 29 heavy (non-hydrogen) atoms. The average molecular weight is 407 g/mol. The van der Waals surface area contributed by atoms with Gasteiger partial charge in [0.15, 0.2) is 0 Å². The third kappa shape index (κ3) is 4.02. The quantitative estimate of drug-likeness (QED) is 0.400. The molecule has 2 aromatic heterocycles. The first kappa shape index (κ1) is 19.6. The van der Waals surface area contributed by atoms with E-state index in [9.17, 15) is 5.11 Å². The number of hydrogen-bond acceptors (Lipinski definition) is 3. The van der Waals surface area contributed by atoms with Crippen molar-refractivity contribution in [1.29, 1.82) is 0 Å². The molecule has 0 bridgehead atoms. The summed E-state index contributed by atoms with van der Waals surface area (Å²) < 4.78 is 12.0. The summed E-state index contributed by atoms with van der Waals surface area (Å²) >= 11 is 6.32. The molecule has 4 rings (SSSR count). The van der Waals surface area contributed by atoms with Crippen LogP contribution in [0.25, 0.3) is 0 Å². The monoisotopic (exact) mass is 406 g/mol. The summed E-state index contributed by atoms with van der Waals surface area (Å²) in [5.74, 6) is 2.88. The summed E-state index contributed by atoms with van der Waals surface area (Å²) in [6, 6.07) is 21.2. The van der Waals surface area contributed by atoms with Gasteiger partial charge in [0.05, 0.1) is 0 Å². The number of rotatable bonds is 5. The Balaban J connectivity index is 1.88. The molecule has 1 atom stereocenters. The van der Waals surface area contributed by atoms with Crippen LogP contribution in [0.1, 0.15) is 57.3 Å². The molecule has 0 saturated carbocycles. The van der Waals surface area contributed by atoms with Crippen LogP contribution in [0.3, 0.4) is 0 Å². The van der Waals surface area contributed by atoms with Crippen molar-refractivity contribution in [2.24, 2.45) is 0 Å². The summed E-state index contributed by atoms with van der Waals surface area (Å²) in [6.45, 7) is 5.85. The van der Waals surface area contributed by atoms with Crippen molar-refractivity contribution in [3.63, 3.8) is 0 Å². The van der Waals surface area contributed by atoms with Crippen LogP contribution in [0.2, 0.25) is 5.02 Å². The highest BCUT2D eigenvalue weighted by atomic mass is 35.5.